The number of aromatic nitrogens is 1. The van der Waals surface area contributed by atoms with Crippen LogP contribution in [0.5, 0.6) is 0 Å². The van der Waals surface area contributed by atoms with Crippen LogP contribution in [0.2, 0.25) is 0 Å². The largest absolute Gasteiger partial charge is 0.346 e. The van der Waals surface area contributed by atoms with Crippen molar-refractivity contribution < 1.29 is 13.2 Å². The van der Waals surface area contributed by atoms with Crippen LogP contribution in [0.15, 0.2) is 59.6 Å². The van der Waals surface area contributed by atoms with Crippen LogP contribution in [-0.4, -0.2) is 61.3 Å². The Morgan fingerprint density at radius 2 is 1.75 bits per heavy atom. The van der Waals surface area contributed by atoms with Crippen molar-refractivity contribution in [3.05, 3.63) is 60.3 Å². The van der Waals surface area contributed by atoms with Crippen molar-refractivity contribution in [1.82, 2.24) is 13.8 Å². The second-order valence-electron chi connectivity index (χ2n) is 8.80. The molecule has 4 rings (SSSR count). The molecule has 7 nitrogen and oxygen atoms in total. The summed E-state index contributed by atoms with van der Waals surface area (Å²) in [4.78, 5) is 15.4. The zero-order chi connectivity index (χ0) is 22.9. The number of carbonyl (C=O) groups excluding carboxylic acids is 1. The van der Waals surface area contributed by atoms with E-state index in [2.05, 4.69) is 28.6 Å². The number of carbonyl (C=O) groups is 1. The molecule has 0 spiro atoms. The molecule has 2 aromatic carbocycles. The molecule has 3 aromatic rings. The minimum Gasteiger partial charge on any atom is -0.346 e. The first-order chi connectivity index (χ1) is 15.3. The molecule has 0 atom stereocenters. The van der Waals surface area contributed by atoms with Gasteiger partial charge in [-0.3, -0.25) is 4.79 Å². The molecule has 1 saturated heterocycles. The van der Waals surface area contributed by atoms with Gasteiger partial charge >= 0.3 is 0 Å². The number of piperazine rings is 1. The Morgan fingerprint density at radius 3 is 2.47 bits per heavy atom. The van der Waals surface area contributed by atoms with Gasteiger partial charge in [-0.15, -0.1) is 0 Å². The number of anilines is 1. The third kappa shape index (κ3) is 4.57. The monoisotopic (exact) mass is 454 g/mol. The number of amides is 1. The summed E-state index contributed by atoms with van der Waals surface area (Å²) in [5.74, 6) is 0.191. The molecule has 0 unspecified atom stereocenters. The maximum Gasteiger partial charge on any atom is 0.257 e. The summed E-state index contributed by atoms with van der Waals surface area (Å²) in [5.41, 5.74) is 2.05. The fraction of sp³-hybridized carbons (Fsp3) is 0.375. The van der Waals surface area contributed by atoms with E-state index in [1.54, 1.807) is 24.3 Å². The van der Waals surface area contributed by atoms with Gasteiger partial charge in [-0.1, -0.05) is 38.1 Å². The molecule has 1 aliphatic heterocycles. The van der Waals surface area contributed by atoms with E-state index in [0.29, 0.717) is 43.3 Å². The molecule has 0 bridgehead atoms. The van der Waals surface area contributed by atoms with Gasteiger partial charge in [0.2, 0.25) is 10.0 Å². The van der Waals surface area contributed by atoms with Gasteiger partial charge in [-0.2, -0.15) is 4.31 Å². The lowest BCUT2D eigenvalue weighted by atomic mass is 10.1. The van der Waals surface area contributed by atoms with Crippen molar-refractivity contribution >= 4 is 32.5 Å². The number of hydrogen-bond acceptors (Lipinski definition) is 4. The molecule has 1 fully saturated rings. The summed E-state index contributed by atoms with van der Waals surface area (Å²) in [6.45, 7) is 7.43. The first-order valence-electron chi connectivity index (χ1n) is 10.9. The Bertz CT molecular complexity index is 1230. The molecule has 1 aromatic heterocycles. The summed E-state index contributed by atoms with van der Waals surface area (Å²) in [6, 6.07) is 14.3. The normalized spacial score (nSPS) is 16.0. The van der Waals surface area contributed by atoms with E-state index >= 15 is 0 Å². The van der Waals surface area contributed by atoms with Crippen LogP contribution < -0.4 is 5.32 Å². The molecule has 1 aliphatic rings. The average molecular weight is 455 g/mol. The van der Waals surface area contributed by atoms with Crippen LogP contribution in [0.1, 0.15) is 24.2 Å². The fourth-order valence-corrected chi connectivity index (χ4v) is 5.55. The third-order valence-corrected chi connectivity index (χ3v) is 7.68. The number of nitrogens with one attached hydrogen (secondary N) is 1. The van der Waals surface area contributed by atoms with Gasteiger partial charge in [0.15, 0.2) is 0 Å². The van der Waals surface area contributed by atoms with E-state index in [-0.39, 0.29) is 10.8 Å². The van der Waals surface area contributed by atoms with Gasteiger partial charge in [0.1, 0.15) is 0 Å². The zero-order valence-corrected chi connectivity index (χ0v) is 19.6. The predicted octanol–water partition coefficient (Wildman–Crippen LogP) is 3.49. The number of benzene rings is 2. The smallest absolute Gasteiger partial charge is 0.257 e. The summed E-state index contributed by atoms with van der Waals surface area (Å²) in [5, 5.41) is 3.78. The van der Waals surface area contributed by atoms with Crippen molar-refractivity contribution in [3.8, 4) is 0 Å². The highest BCUT2D eigenvalue weighted by Gasteiger charge is 2.27. The maximum atomic E-state index is 13.1. The average Bonchev–Trinajstić information content (AvgIpc) is 3.12. The van der Waals surface area contributed by atoms with Crippen LogP contribution in [0, 0.1) is 5.92 Å². The summed E-state index contributed by atoms with van der Waals surface area (Å²) in [7, 11) is -1.62. The predicted molar refractivity (Wildman–Crippen MR) is 127 cm³/mol. The van der Waals surface area contributed by atoms with Crippen LogP contribution >= 0.6 is 0 Å². The number of rotatable bonds is 6. The molecular formula is C24H30N4O3S. The van der Waals surface area contributed by atoms with E-state index in [9.17, 15) is 13.2 Å². The van der Waals surface area contributed by atoms with Gasteiger partial charge in [0.25, 0.3) is 5.91 Å². The van der Waals surface area contributed by atoms with E-state index in [1.165, 1.54) is 4.31 Å². The van der Waals surface area contributed by atoms with Crippen molar-refractivity contribution in [2.75, 3.05) is 38.5 Å². The Kier molecular flexibility index (Phi) is 6.37. The second kappa shape index (κ2) is 9.05. The minimum atomic E-state index is -3.60. The van der Waals surface area contributed by atoms with Crippen LogP contribution in [0.25, 0.3) is 10.9 Å². The molecule has 0 saturated carbocycles. The molecule has 0 radical (unpaired) electrons. The van der Waals surface area contributed by atoms with Gasteiger partial charge in [-0.25, -0.2) is 8.42 Å². The van der Waals surface area contributed by atoms with E-state index < -0.39 is 10.0 Å². The number of likely N-dealkylation sites (N-methyl/N-ethyl adjacent to an activating group) is 1. The fourth-order valence-electron chi connectivity index (χ4n) is 4.08. The topological polar surface area (TPSA) is 74.6 Å². The number of nitrogens with zero attached hydrogens (tertiary/aromatic N) is 3. The summed E-state index contributed by atoms with van der Waals surface area (Å²) >= 11 is 0. The quantitative estimate of drug-likeness (QED) is 0.619. The maximum absolute atomic E-state index is 13.1. The van der Waals surface area contributed by atoms with Crippen molar-refractivity contribution in [2.45, 2.75) is 25.3 Å². The Labute approximate surface area is 189 Å². The van der Waals surface area contributed by atoms with Gasteiger partial charge in [0, 0.05) is 55.5 Å². The number of sulfonamides is 1. The molecule has 32 heavy (non-hydrogen) atoms. The first-order valence-corrected chi connectivity index (χ1v) is 12.4. The summed E-state index contributed by atoms with van der Waals surface area (Å²) in [6.07, 6.45) is 1.88. The lowest BCUT2D eigenvalue weighted by Gasteiger charge is -2.31. The Hall–Kier alpha value is -2.68. The lowest BCUT2D eigenvalue weighted by Crippen LogP contribution is -2.47. The van der Waals surface area contributed by atoms with Gasteiger partial charge in [-0.05, 0) is 37.2 Å². The molecule has 8 heteroatoms. The van der Waals surface area contributed by atoms with Crippen LogP contribution in [0.4, 0.5) is 5.69 Å². The highest BCUT2D eigenvalue weighted by molar-refractivity contribution is 7.89. The Balaban J connectivity index is 1.59. The van der Waals surface area contributed by atoms with E-state index in [0.717, 1.165) is 17.4 Å². The molecule has 170 valence electrons. The molecule has 0 aliphatic carbocycles. The third-order valence-electron chi connectivity index (χ3n) is 5.79. The number of hydrogen-bond donors (Lipinski definition) is 1. The van der Waals surface area contributed by atoms with Crippen molar-refractivity contribution in [1.29, 1.82) is 0 Å². The highest BCUT2D eigenvalue weighted by Crippen LogP contribution is 2.25. The SMILES string of the molecule is CC(C)Cn1cc(C(=O)Nc2cccc(S(=O)(=O)N3CCN(C)CC3)c2)c2ccccc21. The second-order valence-corrected chi connectivity index (χ2v) is 10.7. The Morgan fingerprint density at radius 1 is 1.03 bits per heavy atom. The number of para-hydroxylation sites is 1. The summed E-state index contributed by atoms with van der Waals surface area (Å²) < 4.78 is 29.8. The van der Waals surface area contributed by atoms with E-state index in [1.807, 2.05) is 37.5 Å². The van der Waals surface area contributed by atoms with E-state index in [4.69, 9.17) is 0 Å². The molecule has 2 heterocycles. The molecule has 1 N–H and O–H groups in total. The van der Waals surface area contributed by atoms with Gasteiger partial charge in [0.05, 0.1) is 10.5 Å². The minimum absolute atomic E-state index is 0.196. The highest BCUT2D eigenvalue weighted by atomic mass is 32.2. The van der Waals surface area contributed by atoms with Crippen LogP contribution in [0.3, 0.4) is 0 Å². The van der Waals surface area contributed by atoms with Crippen LogP contribution in [-0.2, 0) is 16.6 Å². The molecular weight excluding hydrogens is 424 g/mol. The first kappa shape index (κ1) is 22.5. The number of fused-ring (bicyclic) bond motifs is 1. The lowest BCUT2D eigenvalue weighted by molar-refractivity contribution is 0.102. The standard InChI is InChI=1S/C24H30N4O3S/c1-18(2)16-27-17-22(21-9-4-5-10-23(21)27)24(29)25-19-7-6-8-20(15-19)32(30,31)28-13-11-26(3)12-14-28/h4-10,15,17-18H,11-14,16H2,1-3H3,(H,25,29). The van der Waals surface area contributed by atoms with Crippen molar-refractivity contribution in [2.24, 2.45) is 5.92 Å². The van der Waals surface area contributed by atoms with Gasteiger partial charge < -0.3 is 14.8 Å². The van der Waals surface area contributed by atoms with Crippen molar-refractivity contribution in [3.63, 3.8) is 0 Å². The zero-order valence-electron chi connectivity index (χ0n) is 18.8. The molecule has 1 amide bonds.